The van der Waals surface area contributed by atoms with Crippen LogP contribution in [0.25, 0.3) is 0 Å². The van der Waals surface area contributed by atoms with E-state index in [1.165, 1.54) is 0 Å². The highest BCUT2D eigenvalue weighted by Crippen LogP contribution is 2.29. The molecule has 0 radical (unpaired) electrons. The SMILES string of the molecule is Oc1ccc2c(c1)C1=NCCN1C=N2. The Morgan fingerprint density at radius 2 is 2.29 bits per heavy atom. The number of hydrogen-bond acceptors (Lipinski definition) is 4. The molecule has 0 aliphatic carbocycles. The van der Waals surface area contributed by atoms with Crippen LogP contribution >= 0.6 is 0 Å². The zero-order valence-electron chi connectivity index (χ0n) is 7.51. The van der Waals surface area contributed by atoms with Crippen molar-refractivity contribution >= 4 is 17.9 Å². The maximum Gasteiger partial charge on any atom is 0.138 e. The van der Waals surface area contributed by atoms with E-state index in [0.29, 0.717) is 0 Å². The molecule has 0 amide bonds. The molecule has 0 aromatic heterocycles. The molecular formula is C10H9N3O. The van der Waals surface area contributed by atoms with Crippen LogP contribution < -0.4 is 0 Å². The van der Waals surface area contributed by atoms with Crippen molar-refractivity contribution in [1.29, 1.82) is 0 Å². The smallest absolute Gasteiger partial charge is 0.138 e. The van der Waals surface area contributed by atoms with Crippen molar-refractivity contribution in [2.24, 2.45) is 9.98 Å². The molecule has 0 spiro atoms. The average molecular weight is 187 g/mol. The minimum atomic E-state index is 0.260. The monoisotopic (exact) mass is 187 g/mol. The van der Waals surface area contributed by atoms with Crippen molar-refractivity contribution in [2.75, 3.05) is 13.1 Å². The van der Waals surface area contributed by atoms with Gasteiger partial charge in [-0.15, -0.1) is 0 Å². The van der Waals surface area contributed by atoms with E-state index < -0.39 is 0 Å². The van der Waals surface area contributed by atoms with Gasteiger partial charge in [-0.25, -0.2) is 4.99 Å². The highest BCUT2D eigenvalue weighted by Gasteiger charge is 2.23. The third-order valence-corrected chi connectivity index (χ3v) is 2.43. The molecule has 2 aliphatic heterocycles. The molecule has 3 rings (SSSR count). The maximum atomic E-state index is 9.38. The van der Waals surface area contributed by atoms with Crippen molar-refractivity contribution in [3.8, 4) is 5.75 Å². The first-order valence-electron chi connectivity index (χ1n) is 4.53. The van der Waals surface area contributed by atoms with Gasteiger partial charge in [-0.05, 0) is 18.2 Å². The van der Waals surface area contributed by atoms with Gasteiger partial charge in [0, 0.05) is 12.1 Å². The number of phenols is 1. The highest BCUT2D eigenvalue weighted by atomic mass is 16.3. The van der Waals surface area contributed by atoms with E-state index >= 15 is 0 Å². The van der Waals surface area contributed by atoms with Crippen LogP contribution in [0.1, 0.15) is 5.56 Å². The number of amidine groups is 1. The van der Waals surface area contributed by atoms with Crippen molar-refractivity contribution < 1.29 is 5.11 Å². The van der Waals surface area contributed by atoms with Gasteiger partial charge in [0.05, 0.1) is 18.6 Å². The Kier molecular flexibility index (Phi) is 1.39. The first-order chi connectivity index (χ1) is 6.84. The summed E-state index contributed by atoms with van der Waals surface area (Å²) >= 11 is 0. The number of fused-ring (bicyclic) bond motifs is 3. The molecule has 0 unspecified atom stereocenters. The summed E-state index contributed by atoms with van der Waals surface area (Å²) < 4.78 is 0. The van der Waals surface area contributed by atoms with Gasteiger partial charge in [0.15, 0.2) is 0 Å². The second kappa shape index (κ2) is 2.57. The summed E-state index contributed by atoms with van der Waals surface area (Å²) in [4.78, 5) is 10.7. The number of aliphatic imine (C=N–C) groups is 2. The third-order valence-electron chi connectivity index (χ3n) is 2.43. The Morgan fingerprint density at radius 3 is 3.21 bits per heavy atom. The summed E-state index contributed by atoms with van der Waals surface area (Å²) in [6.07, 6.45) is 1.80. The molecule has 0 atom stereocenters. The fraction of sp³-hybridized carbons (Fsp3) is 0.200. The first-order valence-corrected chi connectivity index (χ1v) is 4.53. The molecule has 2 aliphatic rings. The fourth-order valence-electron chi connectivity index (χ4n) is 1.76. The molecule has 4 nitrogen and oxygen atoms in total. The molecule has 0 fully saturated rings. The second-order valence-corrected chi connectivity index (χ2v) is 3.34. The quantitative estimate of drug-likeness (QED) is 0.661. The van der Waals surface area contributed by atoms with E-state index in [1.54, 1.807) is 24.5 Å². The van der Waals surface area contributed by atoms with E-state index in [-0.39, 0.29) is 5.75 Å². The molecule has 2 heterocycles. The van der Waals surface area contributed by atoms with Gasteiger partial charge < -0.3 is 10.0 Å². The Bertz CT molecular complexity index is 451. The van der Waals surface area contributed by atoms with Crippen LogP contribution in [0.2, 0.25) is 0 Å². The van der Waals surface area contributed by atoms with Crippen LogP contribution in [-0.2, 0) is 0 Å². The normalized spacial score (nSPS) is 17.7. The fourth-order valence-corrected chi connectivity index (χ4v) is 1.76. The van der Waals surface area contributed by atoms with E-state index in [0.717, 1.165) is 30.2 Å². The lowest BCUT2D eigenvalue weighted by Gasteiger charge is -2.20. The molecule has 0 saturated heterocycles. The summed E-state index contributed by atoms with van der Waals surface area (Å²) in [5.74, 6) is 1.18. The largest absolute Gasteiger partial charge is 0.508 e. The summed E-state index contributed by atoms with van der Waals surface area (Å²) in [6.45, 7) is 1.68. The zero-order chi connectivity index (χ0) is 9.54. The molecule has 70 valence electrons. The lowest BCUT2D eigenvalue weighted by atomic mass is 10.1. The molecule has 1 aromatic rings. The third kappa shape index (κ3) is 0.937. The number of phenolic OH excluding ortho intramolecular Hbond substituents is 1. The summed E-state index contributed by atoms with van der Waals surface area (Å²) in [5, 5.41) is 9.38. The Hall–Kier alpha value is -1.84. The second-order valence-electron chi connectivity index (χ2n) is 3.34. The number of benzene rings is 1. The minimum Gasteiger partial charge on any atom is -0.508 e. The predicted octanol–water partition coefficient (Wildman–Crippen LogP) is 1.13. The van der Waals surface area contributed by atoms with Crippen molar-refractivity contribution in [1.82, 2.24) is 4.90 Å². The first kappa shape index (κ1) is 7.55. The van der Waals surface area contributed by atoms with Crippen molar-refractivity contribution in [3.05, 3.63) is 23.8 Å². The Balaban J connectivity index is 2.22. The molecule has 1 N–H and O–H groups in total. The maximum absolute atomic E-state index is 9.38. The van der Waals surface area contributed by atoms with Crippen molar-refractivity contribution in [3.63, 3.8) is 0 Å². The van der Waals surface area contributed by atoms with Crippen LogP contribution in [0, 0.1) is 0 Å². The van der Waals surface area contributed by atoms with E-state index in [4.69, 9.17) is 0 Å². The predicted molar refractivity (Wildman–Crippen MR) is 54.4 cm³/mol. The van der Waals surface area contributed by atoms with E-state index in [1.807, 2.05) is 4.90 Å². The van der Waals surface area contributed by atoms with Crippen LogP contribution in [0.15, 0.2) is 28.2 Å². The van der Waals surface area contributed by atoms with Gasteiger partial charge in [0.2, 0.25) is 0 Å². The van der Waals surface area contributed by atoms with Gasteiger partial charge in [-0.3, -0.25) is 4.99 Å². The van der Waals surface area contributed by atoms with Gasteiger partial charge in [-0.2, -0.15) is 0 Å². The summed E-state index contributed by atoms with van der Waals surface area (Å²) in [6, 6.07) is 5.16. The molecule has 4 heteroatoms. The van der Waals surface area contributed by atoms with Crippen LogP contribution in [0.4, 0.5) is 5.69 Å². The standard InChI is InChI=1S/C10H9N3O/c14-7-1-2-9-8(5-7)10-11-3-4-13(10)6-12-9/h1-2,5-6,14H,3-4H2. The lowest BCUT2D eigenvalue weighted by Crippen LogP contribution is -2.29. The topological polar surface area (TPSA) is 48.2 Å². The van der Waals surface area contributed by atoms with Crippen molar-refractivity contribution in [2.45, 2.75) is 0 Å². The molecule has 1 aromatic carbocycles. The number of aromatic hydroxyl groups is 1. The molecule has 14 heavy (non-hydrogen) atoms. The molecular weight excluding hydrogens is 178 g/mol. The highest BCUT2D eigenvalue weighted by molar-refractivity contribution is 6.11. The Labute approximate surface area is 81.2 Å². The van der Waals surface area contributed by atoms with Gasteiger partial charge in [-0.1, -0.05) is 0 Å². The van der Waals surface area contributed by atoms with E-state index in [9.17, 15) is 5.11 Å². The minimum absolute atomic E-state index is 0.260. The van der Waals surface area contributed by atoms with Gasteiger partial charge in [0.1, 0.15) is 11.6 Å². The molecule has 0 bridgehead atoms. The van der Waals surface area contributed by atoms with Crippen LogP contribution in [0.3, 0.4) is 0 Å². The number of rotatable bonds is 0. The molecule has 0 saturated carbocycles. The number of hydrogen-bond donors (Lipinski definition) is 1. The Morgan fingerprint density at radius 1 is 1.36 bits per heavy atom. The van der Waals surface area contributed by atoms with Crippen LogP contribution in [0.5, 0.6) is 5.75 Å². The van der Waals surface area contributed by atoms with E-state index in [2.05, 4.69) is 9.98 Å². The zero-order valence-corrected chi connectivity index (χ0v) is 7.51. The van der Waals surface area contributed by atoms with Gasteiger partial charge in [0.25, 0.3) is 0 Å². The van der Waals surface area contributed by atoms with Gasteiger partial charge >= 0.3 is 0 Å². The summed E-state index contributed by atoms with van der Waals surface area (Å²) in [5.41, 5.74) is 1.80. The van der Waals surface area contributed by atoms with Crippen LogP contribution in [-0.4, -0.2) is 35.3 Å². The lowest BCUT2D eigenvalue weighted by molar-refractivity contribution is 0.475. The number of nitrogens with zero attached hydrogens (tertiary/aromatic N) is 3. The average Bonchev–Trinajstić information content (AvgIpc) is 2.65. The summed E-state index contributed by atoms with van der Waals surface area (Å²) in [7, 11) is 0.